The van der Waals surface area contributed by atoms with Crippen molar-refractivity contribution in [2.24, 2.45) is 5.84 Å². The molecule has 0 radical (unpaired) electrons. The van der Waals surface area contributed by atoms with Crippen molar-refractivity contribution < 1.29 is 23.4 Å². The maximum Gasteiger partial charge on any atom is 0.265 e. The van der Waals surface area contributed by atoms with Crippen molar-refractivity contribution >= 4 is 17.0 Å². The Balaban J connectivity index is 2.11. The van der Waals surface area contributed by atoms with Gasteiger partial charge >= 0.3 is 0 Å². The molecule has 8 nitrogen and oxygen atoms in total. The number of oxazole rings is 1. The van der Waals surface area contributed by atoms with Gasteiger partial charge in [-0.3, -0.25) is 10.2 Å². The second kappa shape index (κ2) is 6.70. The Bertz CT molecular complexity index is 910. The normalized spacial score (nSPS) is 10.6. The van der Waals surface area contributed by atoms with Crippen molar-refractivity contribution in [3.63, 3.8) is 0 Å². The summed E-state index contributed by atoms with van der Waals surface area (Å²) in [5.74, 6) is 6.56. The zero-order chi connectivity index (χ0) is 18.0. The van der Waals surface area contributed by atoms with Gasteiger partial charge in [0.1, 0.15) is 5.52 Å². The van der Waals surface area contributed by atoms with E-state index in [2.05, 4.69) is 10.4 Å². The summed E-state index contributed by atoms with van der Waals surface area (Å²) in [5, 5.41) is 0. The number of hydrazine groups is 1. The van der Waals surface area contributed by atoms with Crippen LogP contribution in [0.3, 0.4) is 0 Å². The van der Waals surface area contributed by atoms with Crippen LogP contribution in [-0.4, -0.2) is 32.2 Å². The Morgan fingerprint density at radius 3 is 2.32 bits per heavy atom. The maximum atomic E-state index is 11.6. The first-order chi connectivity index (χ1) is 12.1. The van der Waals surface area contributed by atoms with Gasteiger partial charge < -0.3 is 18.6 Å². The number of nitrogens with one attached hydrogen (secondary N) is 1. The zero-order valence-corrected chi connectivity index (χ0v) is 14.0. The van der Waals surface area contributed by atoms with Crippen molar-refractivity contribution in [3.8, 4) is 28.7 Å². The van der Waals surface area contributed by atoms with Crippen molar-refractivity contribution in [2.45, 2.75) is 0 Å². The van der Waals surface area contributed by atoms with Gasteiger partial charge in [0.15, 0.2) is 17.1 Å². The number of benzene rings is 2. The lowest BCUT2D eigenvalue weighted by Crippen LogP contribution is -2.29. The number of amides is 1. The van der Waals surface area contributed by atoms with E-state index in [9.17, 15) is 4.79 Å². The molecule has 25 heavy (non-hydrogen) atoms. The first-order valence-electron chi connectivity index (χ1n) is 7.33. The number of hydrogen-bond acceptors (Lipinski definition) is 7. The van der Waals surface area contributed by atoms with Gasteiger partial charge in [0.2, 0.25) is 11.6 Å². The quantitative estimate of drug-likeness (QED) is 0.415. The molecule has 0 aliphatic carbocycles. The molecule has 0 aliphatic heterocycles. The lowest BCUT2D eigenvalue weighted by molar-refractivity contribution is 0.0954. The molecule has 3 rings (SSSR count). The summed E-state index contributed by atoms with van der Waals surface area (Å²) in [4.78, 5) is 16.1. The third-order valence-corrected chi connectivity index (χ3v) is 3.69. The standard InChI is InChI=1S/C17H17N3O5/c1-22-13-7-10(8-14(23-2)15(13)24-3)17-19-11-6-9(16(21)20-18)4-5-12(11)25-17/h4-8H,18H2,1-3H3,(H,20,21). The van der Waals surface area contributed by atoms with E-state index in [0.29, 0.717) is 45.4 Å². The SMILES string of the molecule is COc1cc(-c2nc3cc(C(=O)NN)ccc3o2)cc(OC)c1OC. The van der Waals surface area contributed by atoms with Crippen LogP contribution in [0.15, 0.2) is 34.7 Å². The third kappa shape index (κ3) is 2.94. The molecule has 3 aromatic rings. The number of rotatable bonds is 5. The number of carbonyl (C=O) groups excluding carboxylic acids is 1. The summed E-state index contributed by atoms with van der Waals surface area (Å²) < 4.78 is 21.8. The summed E-state index contributed by atoms with van der Waals surface area (Å²) in [6.07, 6.45) is 0. The van der Waals surface area contributed by atoms with Gasteiger partial charge in [-0.1, -0.05) is 0 Å². The second-order valence-electron chi connectivity index (χ2n) is 5.09. The van der Waals surface area contributed by atoms with Gasteiger partial charge in [-0.2, -0.15) is 0 Å². The van der Waals surface area contributed by atoms with Crippen LogP contribution in [0.2, 0.25) is 0 Å². The number of ether oxygens (including phenoxy) is 3. The summed E-state index contributed by atoms with van der Waals surface area (Å²) in [7, 11) is 4.60. The molecule has 2 aromatic carbocycles. The van der Waals surface area contributed by atoms with Crippen molar-refractivity contribution in [3.05, 3.63) is 35.9 Å². The summed E-state index contributed by atoms with van der Waals surface area (Å²) in [6.45, 7) is 0. The van der Waals surface area contributed by atoms with Gasteiger partial charge in [0, 0.05) is 11.1 Å². The fraction of sp³-hybridized carbons (Fsp3) is 0.176. The van der Waals surface area contributed by atoms with Gasteiger partial charge in [0.05, 0.1) is 21.3 Å². The molecule has 3 N–H and O–H groups in total. The predicted octanol–water partition coefficient (Wildman–Crippen LogP) is 2.12. The molecule has 0 unspecified atom stereocenters. The molecular weight excluding hydrogens is 326 g/mol. The number of carbonyl (C=O) groups is 1. The molecule has 130 valence electrons. The molecular formula is C17H17N3O5. The highest BCUT2D eigenvalue weighted by molar-refractivity contribution is 5.97. The van der Waals surface area contributed by atoms with E-state index in [-0.39, 0.29) is 0 Å². The average Bonchev–Trinajstić information content (AvgIpc) is 3.09. The fourth-order valence-corrected chi connectivity index (χ4v) is 2.48. The average molecular weight is 343 g/mol. The van der Waals surface area contributed by atoms with Crippen LogP contribution in [0.25, 0.3) is 22.6 Å². The summed E-state index contributed by atoms with van der Waals surface area (Å²) >= 11 is 0. The van der Waals surface area contributed by atoms with Gasteiger partial charge in [-0.15, -0.1) is 0 Å². The lowest BCUT2D eigenvalue weighted by Gasteiger charge is -2.12. The molecule has 0 atom stereocenters. The molecule has 0 fully saturated rings. The second-order valence-corrected chi connectivity index (χ2v) is 5.09. The zero-order valence-electron chi connectivity index (χ0n) is 14.0. The maximum absolute atomic E-state index is 11.6. The van der Waals surface area contributed by atoms with Crippen LogP contribution in [0.1, 0.15) is 10.4 Å². The number of fused-ring (bicyclic) bond motifs is 1. The molecule has 0 saturated carbocycles. The van der Waals surface area contributed by atoms with Gasteiger partial charge in [-0.05, 0) is 30.3 Å². The lowest BCUT2D eigenvalue weighted by atomic mass is 10.2. The number of hydrogen-bond donors (Lipinski definition) is 2. The molecule has 0 bridgehead atoms. The van der Waals surface area contributed by atoms with Crippen molar-refractivity contribution in [1.29, 1.82) is 0 Å². The van der Waals surface area contributed by atoms with E-state index in [1.54, 1.807) is 30.3 Å². The number of aromatic nitrogens is 1. The van der Waals surface area contributed by atoms with E-state index in [1.165, 1.54) is 21.3 Å². The highest BCUT2D eigenvalue weighted by Gasteiger charge is 2.17. The van der Waals surface area contributed by atoms with Crippen LogP contribution in [0.5, 0.6) is 17.2 Å². The van der Waals surface area contributed by atoms with E-state index >= 15 is 0 Å². The molecule has 0 aliphatic rings. The molecule has 1 aromatic heterocycles. The molecule has 1 heterocycles. The minimum absolute atomic E-state index is 0.361. The van der Waals surface area contributed by atoms with Crippen LogP contribution in [0.4, 0.5) is 0 Å². The first-order valence-corrected chi connectivity index (χ1v) is 7.33. The van der Waals surface area contributed by atoms with E-state index in [4.69, 9.17) is 24.5 Å². The van der Waals surface area contributed by atoms with E-state index in [1.807, 2.05) is 0 Å². The Hall–Kier alpha value is -3.26. The molecule has 8 heteroatoms. The van der Waals surface area contributed by atoms with Crippen LogP contribution >= 0.6 is 0 Å². The highest BCUT2D eigenvalue weighted by Crippen LogP contribution is 2.41. The number of methoxy groups -OCH3 is 3. The van der Waals surface area contributed by atoms with E-state index < -0.39 is 5.91 Å². The highest BCUT2D eigenvalue weighted by atomic mass is 16.5. The summed E-state index contributed by atoms with van der Waals surface area (Å²) in [6, 6.07) is 8.34. The topological polar surface area (TPSA) is 109 Å². The van der Waals surface area contributed by atoms with Crippen molar-refractivity contribution in [1.82, 2.24) is 10.4 Å². The number of nitrogens with two attached hydrogens (primary N) is 1. The van der Waals surface area contributed by atoms with Crippen LogP contribution < -0.4 is 25.5 Å². The minimum atomic E-state index is -0.403. The van der Waals surface area contributed by atoms with Crippen LogP contribution in [-0.2, 0) is 0 Å². The Morgan fingerprint density at radius 2 is 1.76 bits per heavy atom. The molecule has 0 spiro atoms. The van der Waals surface area contributed by atoms with Gasteiger partial charge in [0.25, 0.3) is 5.91 Å². The van der Waals surface area contributed by atoms with Gasteiger partial charge in [-0.25, -0.2) is 10.8 Å². The third-order valence-electron chi connectivity index (χ3n) is 3.69. The number of nitrogen functional groups attached to an aromatic ring is 1. The van der Waals surface area contributed by atoms with Crippen LogP contribution in [0, 0.1) is 0 Å². The monoisotopic (exact) mass is 343 g/mol. The predicted molar refractivity (Wildman–Crippen MR) is 90.8 cm³/mol. The first kappa shape index (κ1) is 16.6. The summed E-state index contributed by atoms with van der Waals surface area (Å²) in [5.41, 5.74) is 4.19. The minimum Gasteiger partial charge on any atom is -0.493 e. The Labute approximate surface area is 143 Å². The molecule has 1 amide bonds. The molecule has 0 saturated heterocycles. The fourth-order valence-electron chi connectivity index (χ4n) is 2.48. The Kier molecular flexibility index (Phi) is 4.44. The Morgan fingerprint density at radius 1 is 1.08 bits per heavy atom. The number of nitrogens with zero attached hydrogens (tertiary/aromatic N) is 1. The van der Waals surface area contributed by atoms with E-state index in [0.717, 1.165) is 0 Å². The smallest absolute Gasteiger partial charge is 0.265 e. The van der Waals surface area contributed by atoms with Crippen molar-refractivity contribution in [2.75, 3.05) is 21.3 Å². The largest absolute Gasteiger partial charge is 0.493 e.